The molecule has 1 aromatic carbocycles. The molecule has 1 N–H and O–H groups in total. The molecule has 0 bridgehead atoms. The van der Waals surface area contributed by atoms with Crippen LogP contribution in [0.4, 0.5) is 4.39 Å². The van der Waals surface area contributed by atoms with Crippen LogP contribution in [0.5, 0.6) is 0 Å². The summed E-state index contributed by atoms with van der Waals surface area (Å²) < 4.78 is 15.2. The van der Waals surface area contributed by atoms with Crippen molar-refractivity contribution in [1.29, 1.82) is 0 Å². The molecule has 0 radical (unpaired) electrons. The van der Waals surface area contributed by atoms with E-state index in [2.05, 4.69) is 24.8 Å². The Morgan fingerprint density at radius 3 is 2.76 bits per heavy atom. The molecule has 0 saturated carbocycles. The number of imidazole rings is 1. The van der Waals surface area contributed by atoms with Gasteiger partial charge in [-0.1, -0.05) is 18.2 Å². The van der Waals surface area contributed by atoms with Gasteiger partial charge in [-0.2, -0.15) is 0 Å². The number of carbonyl (C=O) groups is 1. The summed E-state index contributed by atoms with van der Waals surface area (Å²) in [5, 5.41) is 2.94. The Hall–Kier alpha value is -3.06. The van der Waals surface area contributed by atoms with E-state index in [0.717, 1.165) is 43.0 Å². The molecule has 4 heterocycles. The molecular weight excluding hydrogens is 369 g/mol. The monoisotopic (exact) mass is 391 g/mol. The van der Waals surface area contributed by atoms with E-state index in [1.807, 2.05) is 30.5 Å². The van der Waals surface area contributed by atoms with Crippen molar-refractivity contribution in [1.82, 2.24) is 24.8 Å². The average molecular weight is 391 g/mol. The van der Waals surface area contributed by atoms with Gasteiger partial charge in [0.1, 0.15) is 5.82 Å². The quantitative estimate of drug-likeness (QED) is 0.726. The molecule has 1 amide bonds. The number of halogens is 1. The summed E-state index contributed by atoms with van der Waals surface area (Å²) in [4.78, 5) is 23.5. The highest BCUT2D eigenvalue weighted by Crippen LogP contribution is 2.40. The minimum Gasteiger partial charge on any atom is -0.345 e. The van der Waals surface area contributed by atoms with Crippen LogP contribution in [0.25, 0.3) is 0 Å². The van der Waals surface area contributed by atoms with Crippen LogP contribution in [-0.2, 0) is 19.6 Å². The van der Waals surface area contributed by atoms with Crippen molar-refractivity contribution in [2.24, 2.45) is 5.92 Å². The van der Waals surface area contributed by atoms with Crippen LogP contribution in [0.3, 0.4) is 0 Å². The van der Waals surface area contributed by atoms with E-state index >= 15 is 0 Å². The fourth-order valence-electron chi connectivity index (χ4n) is 4.51. The highest BCUT2D eigenvalue weighted by atomic mass is 19.1. The molecule has 0 aliphatic carbocycles. The van der Waals surface area contributed by atoms with Gasteiger partial charge in [-0.25, -0.2) is 9.37 Å². The first-order valence-corrected chi connectivity index (χ1v) is 9.86. The third kappa shape index (κ3) is 3.53. The highest BCUT2D eigenvalue weighted by molar-refractivity contribution is 5.91. The number of amides is 1. The molecule has 2 aliphatic rings. The van der Waals surface area contributed by atoms with Crippen molar-refractivity contribution >= 4 is 5.91 Å². The predicted octanol–water partition coefficient (Wildman–Crippen LogP) is 2.58. The van der Waals surface area contributed by atoms with E-state index in [1.165, 1.54) is 12.1 Å². The third-order valence-corrected chi connectivity index (χ3v) is 5.90. The molecule has 0 unspecified atom stereocenters. The van der Waals surface area contributed by atoms with Crippen molar-refractivity contribution < 1.29 is 9.18 Å². The lowest BCUT2D eigenvalue weighted by atomic mass is 9.98. The summed E-state index contributed by atoms with van der Waals surface area (Å²) in [6.45, 7) is 3.98. The molecule has 7 heteroatoms. The van der Waals surface area contributed by atoms with Crippen molar-refractivity contribution in [2.45, 2.75) is 25.6 Å². The zero-order valence-corrected chi connectivity index (χ0v) is 16.0. The maximum Gasteiger partial charge on any atom is 0.287 e. The second-order valence-corrected chi connectivity index (χ2v) is 7.85. The first kappa shape index (κ1) is 18.0. The van der Waals surface area contributed by atoms with Gasteiger partial charge < -0.3 is 9.88 Å². The number of pyridine rings is 1. The van der Waals surface area contributed by atoms with Crippen LogP contribution in [0.2, 0.25) is 0 Å². The number of benzene rings is 1. The lowest BCUT2D eigenvalue weighted by molar-refractivity contribution is 0.0935. The Morgan fingerprint density at radius 2 is 1.97 bits per heavy atom. The van der Waals surface area contributed by atoms with Gasteiger partial charge in [0, 0.05) is 62.9 Å². The van der Waals surface area contributed by atoms with Gasteiger partial charge in [0.2, 0.25) is 0 Å². The van der Waals surface area contributed by atoms with Crippen LogP contribution >= 0.6 is 0 Å². The number of likely N-dealkylation sites (tertiary alicyclic amines) is 1. The van der Waals surface area contributed by atoms with E-state index < -0.39 is 0 Å². The first-order valence-electron chi connectivity index (χ1n) is 9.86. The molecular formula is C22H22FN5O. The van der Waals surface area contributed by atoms with Crippen LogP contribution in [-0.4, -0.2) is 38.4 Å². The Labute approximate surface area is 168 Å². The van der Waals surface area contributed by atoms with E-state index in [0.29, 0.717) is 24.2 Å². The summed E-state index contributed by atoms with van der Waals surface area (Å²) in [5.41, 5.74) is 3.22. The van der Waals surface area contributed by atoms with Crippen molar-refractivity contribution in [2.75, 3.05) is 13.1 Å². The zero-order chi connectivity index (χ0) is 19.8. The minimum absolute atomic E-state index is 0.150. The van der Waals surface area contributed by atoms with Crippen molar-refractivity contribution in [3.05, 3.63) is 83.5 Å². The number of hydrogen-bond donors (Lipinski definition) is 1. The lowest BCUT2D eigenvalue weighted by Gasteiger charge is -2.17. The molecule has 6 nitrogen and oxygen atoms in total. The molecule has 2 aliphatic heterocycles. The molecule has 3 aromatic rings. The fraction of sp³-hybridized carbons (Fsp3) is 0.318. The Bertz CT molecular complexity index is 1020. The molecule has 1 fully saturated rings. The van der Waals surface area contributed by atoms with Crippen LogP contribution < -0.4 is 5.32 Å². The Kier molecular flexibility index (Phi) is 4.60. The second kappa shape index (κ2) is 7.40. The SMILES string of the molecule is O=C(NCc1cccnc1)c1ncc2n1C[C@H]1CN(Cc3ccc(F)cc3)C[C@@H]21. The van der Waals surface area contributed by atoms with Gasteiger partial charge in [-0.15, -0.1) is 0 Å². The number of carbonyl (C=O) groups excluding carboxylic acids is 1. The van der Waals surface area contributed by atoms with Crippen LogP contribution in [0, 0.1) is 11.7 Å². The van der Waals surface area contributed by atoms with E-state index in [9.17, 15) is 9.18 Å². The standard InChI is InChI=1S/C22H22FN5O/c23-18-5-3-15(4-6-18)11-27-12-17-13-28-20(19(17)14-27)10-25-21(28)22(29)26-9-16-2-1-7-24-8-16/h1-8,10,17,19H,9,11-14H2,(H,26,29)/t17-,19-/m1/s1. The second-order valence-electron chi connectivity index (χ2n) is 7.85. The van der Waals surface area contributed by atoms with Gasteiger partial charge in [0.05, 0.1) is 0 Å². The van der Waals surface area contributed by atoms with Crippen molar-refractivity contribution in [3.8, 4) is 0 Å². The minimum atomic E-state index is -0.203. The largest absolute Gasteiger partial charge is 0.345 e. The number of nitrogens with one attached hydrogen (secondary N) is 1. The molecule has 1 saturated heterocycles. The van der Waals surface area contributed by atoms with E-state index in [4.69, 9.17) is 0 Å². The number of rotatable bonds is 5. The Morgan fingerprint density at radius 1 is 1.10 bits per heavy atom. The summed E-state index contributed by atoms with van der Waals surface area (Å²) in [6.07, 6.45) is 5.31. The third-order valence-electron chi connectivity index (χ3n) is 5.90. The molecule has 0 spiro atoms. The van der Waals surface area contributed by atoms with Gasteiger partial charge in [0.15, 0.2) is 5.82 Å². The van der Waals surface area contributed by atoms with Gasteiger partial charge in [-0.05, 0) is 35.2 Å². The number of aromatic nitrogens is 3. The van der Waals surface area contributed by atoms with Crippen LogP contribution in [0.1, 0.15) is 33.4 Å². The average Bonchev–Trinajstić information content (AvgIpc) is 3.40. The Balaban J connectivity index is 1.24. The summed E-state index contributed by atoms with van der Waals surface area (Å²) in [7, 11) is 0. The topological polar surface area (TPSA) is 63.1 Å². The predicted molar refractivity (Wildman–Crippen MR) is 106 cm³/mol. The molecule has 148 valence electrons. The fourth-order valence-corrected chi connectivity index (χ4v) is 4.51. The molecule has 2 atom stereocenters. The molecule has 5 rings (SSSR count). The lowest BCUT2D eigenvalue weighted by Crippen LogP contribution is -2.27. The zero-order valence-electron chi connectivity index (χ0n) is 16.0. The van der Waals surface area contributed by atoms with Gasteiger partial charge in [-0.3, -0.25) is 14.7 Å². The molecule has 29 heavy (non-hydrogen) atoms. The smallest absolute Gasteiger partial charge is 0.287 e. The number of hydrogen-bond acceptors (Lipinski definition) is 4. The maximum absolute atomic E-state index is 13.1. The number of fused-ring (bicyclic) bond motifs is 3. The van der Waals surface area contributed by atoms with E-state index in [-0.39, 0.29) is 11.7 Å². The van der Waals surface area contributed by atoms with Crippen LogP contribution in [0.15, 0.2) is 55.0 Å². The summed E-state index contributed by atoms with van der Waals surface area (Å²) in [5.74, 6) is 1.01. The summed E-state index contributed by atoms with van der Waals surface area (Å²) in [6, 6.07) is 10.5. The van der Waals surface area contributed by atoms with E-state index in [1.54, 1.807) is 12.4 Å². The van der Waals surface area contributed by atoms with Gasteiger partial charge in [0.25, 0.3) is 5.91 Å². The summed E-state index contributed by atoms with van der Waals surface area (Å²) >= 11 is 0. The normalized spacial score (nSPS) is 20.4. The number of nitrogens with zero attached hydrogens (tertiary/aromatic N) is 4. The van der Waals surface area contributed by atoms with Crippen molar-refractivity contribution in [3.63, 3.8) is 0 Å². The maximum atomic E-state index is 13.1. The first-order chi connectivity index (χ1) is 14.2. The highest BCUT2D eigenvalue weighted by Gasteiger charge is 2.42. The van der Waals surface area contributed by atoms with Gasteiger partial charge >= 0.3 is 0 Å². The molecule has 2 aromatic heterocycles.